The largest absolute Gasteiger partial charge is 0.493 e. The first kappa shape index (κ1) is 17.1. The van der Waals surface area contributed by atoms with Gasteiger partial charge in [-0.3, -0.25) is 9.79 Å². The minimum absolute atomic E-state index is 0.106. The van der Waals surface area contributed by atoms with Crippen LogP contribution in [0.3, 0.4) is 0 Å². The molecule has 0 heterocycles. The number of carbonyl (C=O) groups excluding carboxylic acids is 1. The van der Waals surface area contributed by atoms with E-state index in [4.69, 9.17) is 15.9 Å². The lowest BCUT2D eigenvalue weighted by Crippen LogP contribution is -2.04. The molecule has 0 aliphatic heterocycles. The van der Waals surface area contributed by atoms with Crippen LogP contribution in [0.1, 0.15) is 12.5 Å². The number of hydrogen-bond donors (Lipinski definition) is 1. The molecule has 0 aliphatic carbocycles. The van der Waals surface area contributed by atoms with Crippen LogP contribution in [0, 0.1) is 12.3 Å². The molecule has 0 atom stereocenters. The molecule has 2 aromatic rings. The molecule has 5 heteroatoms. The van der Waals surface area contributed by atoms with Gasteiger partial charge in [0.1, 0.15) is 6.61 Å². The van der Waals surface area contributed by atoms with Gasteiger partial charge in [0.15, 0.2) is 11.5 Å². The number of aliphatic imine (C=N–C) groups is 1. The molecule has 24 heavy (non-hydrogen) atoms. The predicted octanol–water partition coefficient (Wildman–Crippen LogP) is 3.42. The first-order chi connectivity index (χ1) is 11.6. The molecule has 122 valence electrons. The summed E-state index contributed by atoms with van der Waals surface area (Å²) in [5.74, 6) is 3.49. The van der Waals surface area contributed by atoms with E-state index in [-0.39, 0.29) is 12.5 Å². The topological polar surface area (TPSA) is 59.9 Å². The van der Waals surface area contributed by atoms with Gasteiger partial charge in [-0.05, 0) is 48.0 Å². The molecule has 1 N–H and O–H groups in total. The number of hydrogen-bond acceptors (Lipinski definition) is 4. The number of amides is 1. The number of nitrogens with zero attached hydrogens (tertiary/aromatic N) is 1. The van der Waals surface area contributed by atoms with Gasteiger partial charge in [-0.25, -0.2) is 0 Å². The predicted molar refractivity (Wildman–Crippen MR) is 95.3 cm³/mol. The third-order valence-electron chi connectivity index (χ3n) is 3.05. The molecule has 0 radical (unpaired) electrons. The van der Waals surface area contributed by atoms with Crippen LogP contribution in [0.5, 0.6) is 11.5 Å². The summed E-state index contributed by atoms with van der Waals surface area (Å²) in [4.78, 5) is 15.4. The number of methoxy groups -OCH3 is 1. The number of anilines is 1. The highest BCUT2D eigenvalue weighted by Gasteiger charge is 2.04. The first-order valence-electron chi connectivity index (χ1n) is 7.28. The molecule has 2 aromatic carbocycles. The highest BCUT2D eigenvalue weighted by molar-refractivity contribution is 5.89. The number of nitrogens with one attached hydrogen (secondary N) is 1. The Morgan fingerprint density at radius 3 is 2.62 bits per heavy atom. The van der Waals surface area contributed by atoms with E-state index in [0.29, 0.717) is 11.5 Å². The van der Waals surface area contributed by atoms with Gasteiger partial charge in [-0.15, -0.1) is 6.42 Å². The Bertz CT molecular complexity index is 774. The van der Waals surface area contributed by atoms with Crippen molar-refractivity contribution in [3.8, 4) is 23.8 Å². The maximum atomic E-state index is 11.0. The molecule has 2 rings (SSSR count). The molecule has 0 spiro atoms. The zero-order valence-corrected chi connectivity index (χ0v) is 13.6. The second kappa shape index (κ2) is 8.39. The van der Waals surface area contributed by atoms with Crippen LogP contribution in [0.4, 0.5) is 11.4 Å². The summed E-state index contributed by atoms with van der Waals surface area (Å²) >= 11 is 0. The lowest BCUT2D eigenvalue weighted by molar-refractivity contribution is -0.114. The Morgan fingerprint density at radius 2 is 2.00 bits per heavy atom. The fraction of sp³-hybridized carbons (Fsp3) is 0.158. The van der Waals surface area contributed by atoms with Crippen molar-refractivity contribution in [1.29, 1.82) is 0 Å². The quantitative estimate of drug-likeness (QED) is 0.655. The number of benzene rings is 2. The van der Waals surface area contributed by atoms with Gasteiger partial charge in [-0.2, -0.15) is 0 Å². The van der Waals surface area contributed by atoms with Crippen LogP contribution in [0.25, 0.3) is 0 Å². The molecule has 0 aromatic heterocycles. The zero-order chi connectivity index (χ0) is 17.4. The Labute approximate surface area is 141 Å². The van der Waals surface area contributed by atoms with Crippen molar-refractivity contribution < 1.29 is 14.3 Å². The van der Waals surface area contributed by atoms with Crippen molar-refractivity contribution in [2.45, 2.75) is 6.92 Å². The summed E-state index contributed by atoms with van der Waals surface area (Å²) in [7, 11) is 1.57. The number of rotatable bonds is 6. The van der Waals surface area contributed by atoms with Gasteiger partial charge in [0.25, 0.3) is 0 Å². The maximum Gasteiger partial charge on any atom is 0.221 e. The van der Waals surface area contributed by atoms with Crippen molar-refractivity contribution in [1.82, 2.24) is 0 Å². The second-order valence-corrected chi connectivity index (χ2v) is 4.89. The number of terminal acetylenes is 1. The van der Waals surface area contributed by atoms with E-state index < -0.39 is 0 Å². The third kappa shape index (κ3) is 4.89. The molecule has 0 fully saturated rings. The van der Waals surface area contributed by atoms with Gasteiger partial charge >= 0.3 is 0 Å². The van der Waals surface area contributed by atoms with Gasteiger partial charge in [0, 0.05) is 18.8 Å². The normalized spacial score (nSPS) is 10.2. The monoisotopic (exact) mass is 322 g/mol. The van der Waals surface area contributed by atoms with Gasteiger partial charge < -0.3 is 14.8 Å². The lowest BCUT2D eigenvalue weighted by Gasteiger charge is -2.09. The van der Waals surface area contributed by atoms with E-state index in [1.807, 2.05) is 24.3 Å². The SMILES string of the molecule is C#CCOc1ccc(C=Nc2ccc(NC(C)=O)cc2)cc1OC. The highest BCUT2D eigenvalue weighted by atomic mass is 16.5. The van der Waals surface area contributed by atoms with E-state index in [0.717, 1.165) is 16.9 Å². The zero-order valence-electron chi connectivity index (χ0n) is 13.6. The highest BCUT2D eigenvalue weighted by Crippen LogP contribution is 2.27. The van der Waals surface area contributed by atoms with Crippen LogP contribution >= 0.6 is 0 Å². The van der Waals surface area contributed by atoms with Crippen molar-refractivity contribution >= 4 is 23.5 Å². The smallest absolute Gasteiger partial charge is 0.221 e. The van der Waals surface area contributed by atoms with E-state index in [1.54, 1.807) is 31.5 Å². The fourth-order valence-electron chi connectivity index (χ4n) is 1.99. The summed E-state index contributed by atoms with van der Waals surface area (Å²) in [5.41, 5.74) is 2.37. The van der Waals surface area contributed by atoms with E-state index in [1.165, 1.54) is 6.92 Å². The first-order valence-corrected chi connectivity index (χ1v) is 7.28. The average molecular weight is 322 g/mol. The third-order valence-corrected chi connectivity index (χ3v) is 3.05. The summed E-state index contributed by atoms with van der Waals surface area (Å²) < 4.78 is 10.7. The Morgan fingerprint density at radius 1 is 1.25 bits per heavy atom. The Hall–Kier alpha value is -3.26. The van der Waals surface area contributed by atoms with Crippen LogP contribution in [0.15, 0.2) is 47.5 Å². The lowest BCUT2D eigenvalue weighted by atomic mass is 10.2. The molecular formula is C19H18N2O3. The summed E-state index contributed by atoms with van der Waals surface area (Å²) in [6.45, 7) is 1.65. The van der Waals surface area contributed by atoms with E-state index in [2.05, 4.69) is 16.2 Å². The van der Waals surface area contributed by atoms with E-state index >= 15 is 0 Å². The van der Waals surface area contributed by atoms with Crippen molar-refractivity contribution in [3.63, 3.8) is 0 Å². The maximum absolute atomic E-state index is 11.0. The summed E-state index contributed by atoms with van der Waals surface area (Å²) in [6, 6.07) is 12.7. The Balaban J connectivity index is 2.11. The van der Waals surface area contributed by atoms with Gasteiger partial charge in [0.2, 0.25) is 5.91 Å². The van der Waals surface area contributed by atoms with E-state index in [9.17, 15) is 4.79 Å². The van der Waals surface area contributed by atoms with Gasteiger partial charge in [0.05, 0.1) is 12.8 Å². The number of ether oxygens (including phenoxy) is 2. The van der Waals surface area contributed by atoms with Crippen LogP contribution < -0.4 is 14.8 Å². The van der Waals surface area contributed by atoms with Gasteiger partial charge in [-0.1, -0.05) is 5.92 Å². The average Bonchev–Trinajstić information content (AvgIpc) is 2.59. The van der Waals surface area contributed by atoms with Crippen LogP contribution in [0.2, 0.25) is 0 Å². The fourth-order valence-corrected chi connectivity index (χ4v) is 1.99. The minimum atomic E-state index is -0.106. The molecule has 1 amide bonds. The summed E-state index contributed by atoms with van der Waals surface area (Å²) in [5, 5.41) is 2.71. The van der Waals surface area contributed by atoms with Crippen molar-refractivity contribution in [2.24, 2.45) is 4.99 Å². The molecule has 0 unspecified atom stereocenters. The summed E-state index contributed by atoms with van der Waals surface area (Å²) in [6.07, 6.45) is 6.91. The second-order valence-electron chi connectivity index (χ2n) is 4.89. The molecule has 0 aliphatic rings. The molecular weight excluding hydrogens is 304 g/mol. The number of carbonyl (C=O) groups is 1. The Kier molecular flexibility index (Phi) is 5.98. The molecule has 0 saturated carbocycles. The van der Waals surface area contributed by atoms with Crippen molar-refractivity contribution in [3.05, 3.63) is 48.0 Å². The van der Waals surface area contributed by atoms with Crippen LogP contribution in [-0.4, -0.2) is 25.8 Å². The van der Waals surface area contributed by atoms with Crippen molar-refractivity contribution in [2.75, 3.05) is 19.0 Å². The van der Waals surface area contributed by atoms with Crippen LogP contribution in [-0.2, 0) is 4.79 Å². The molecule has 0 saturated heterocycles. The standard InChI is InChI=1S/C19H18N2O3/c1-4-11-24-18-10-5-15(12-19(18)23-3)13-20-16-6-8-17(9-7-16)21-14(2)22/h1,5-10,12-13H,11H2,2-3H3,(H,21,22). The molecule has 0 bridgehead atoms. The molecule has 5 nitrogen and oxygen atoms in total. The minimum Gasteiger partial charge on any atom is -0.493 e.